The van der Waals surface area contributed by atoms with Gasteiger partial charge in [-0.2, -0.15) is 5.26 Å². The van der Waals surface area contributed by atoms with E-state index in [2.05, 4.69) is 57.3 Å². The van der Waals surface area contributed by atoms with E-state index < -0.39 is 0 Å². The second-order valence-electron chi connectivity index (χ2n) is 5.30. The minimum absolute atomic E-state index is 0.0292. The van der Waals surface area contributed by atoms with Crippen molar-refractivity contribution in [3.05, 3.63) is 35.4 Å². The highest BCUT2D eigenvalue weighted by Gasteiger charge is 2.23. The van der Waals surface area contributed by atoms with E-state index in [0.29, 0.717) is 0 Å². The Bertz CT molecular complexity index is 382. The van der Waals surface area contributed by atoms with Crippen molar-refractivity contribution in [2.24, 2.45) is 5.41 Å². The molecule has 0 fully saturated rings. The number of aryl methyl sites for hydroxylation is 1. The van der Waals surface area contributed by atoms with Crippen LogP contribution in [0.3, 0.4) is 0 Å². The fourth-order valence-electron chi connectivity index (χ4n) is 1.59. The summed E-state index contributed by atoms with van der Waals surface area (Å²) in [5.41, 5.74) is 2.45. The number of hydrogen-bond acceptors (Lipinski definition) is 2. The molecule has 0 heterocycles. The summed E-state index contributed by atoms with van der Waals surface area (Å²) >= 11 is 0. The Morgan fingerprint density at radius 3 is 2.56 bits per heavy atom. The molecule has 1 aromatic carbocycles. The molecule has 0 radical (unpaired) electrons. The minimum atomic E-state index is -0.118. The van der Waals surface area contributed by atoms with Crippen LogP contribution in [0.5, 0.6) is 0 Å². The maximum absolute atomic E-state index is 9.08. The molecule has 2 heteroatoms. The summed E-state index contributed by atoms with van der Waals surface area (Å²) in [7, 11) is 0. The summed E-state index contributed by atoms with van der Waals surface area (Å²) in [6, 6.07) is 10.5. The van der Waals surface area contributed by atoms with Gasteiger partial charge in [0.2, 0.25) is 0 Å². The summed E-state index contributed by atoms with van der Waals surface area (Å²) in [6.07, 6.45) is 0. The Hall–Kier alpha value is -1.33. The van der Waals surface area contributed by atoms with Crippen LogP contribution in [-0.4, -0.2) is 6.04 Å². The quantitative estimate of drug-likeness (QED) is 0.843. The summed E-state index contributed by atoms with van der Waals surface area (Å²) < 4.78 is 0. The van der Waals surface area contributed by atoms with Crippen LogP contribution in [0.2, 0.25) is 0 Å². The van der Waals surface area contributed by atoms with Gasteiger partial charge in [-0.05, 0) is 17.9 Å². The third-order valence-electron chi connectivity index (χ3n) is 2.59. The van der Waals surface area contributed by atoms with Crippen molar-refractivity contribution in [2.75, 3.05) is 0 Å². The molecule has 0 aliphatic carbocycles. The van der Waals surface area contributed by atoms with Gasteiger partial charge in [0, 0.05) is 6.54 Å². The normalized spacial score (nSPS) is 13.2. The molecule has 1 unspecified atom stereocenters. The lowest BCUT2D eigenvalue weighted by Gasteiger charge is -2.25. The monoisotopic (exact) mass is 216 g/mol. The topological polar surface area (TPSA) is 35.8 Å². The lowest BCUT2D eigenvalue weighted by atomic mass is 9.87. The van der Waals surface area contributed by atoms with E-state index in [1.165, 1.54) is 11.1 Å². The van der Waals surface area contributed by atoms with Gasteiger partial charge in [-0.15, -0.1) is 0 Å². The molecule has 0 saturated carbocycles. The number of hydrogen-bond donors (Lipinski definition) is 1. The third kappa shape index (κ3) is 3.67. The molecule has 1 N–H and O–H groups in total. The maximum Gasteiger partial charge on any atom is 0.100 e. The highest BCUT2D eigenvalue weighted by atomic mass is 14.9. The van der Waals surface area contributed by atoms with Crippen LogP contribution in [0, 0.1) is 23.7 Å². The summed E-state index contributed by atoms with van der Waals surface area (Å²) in [4.78, 5) is 0. The van der Waals surface area contributed by atoms with Crippen LogP contribution in [-0.2, 0) is 6.54 Å². The van der Waals surface area contributed by atoms with Crippen molar-refractivity contribution in [2.45, 2.75) is 40.3 Å². The minimum Gasteiger partial charge on any atom is -0.297 e. The Morgan fingerprint density at radius 1 is 1.38 bits per heavy atom. The first-order valence-corrected chi connectivity index (χ1v) is 5.62. The molecule has 0 spiro atoms. The van der Waals surface area contributed by atoms with Gasteiger partial charge < -0.3 is 0 Å². The zero-order valence-corrected chi connectivity index (χ0v) is 10.5. The van der Waals surface area contributed by atoms with Crippen LogP contribution in [0.4, 0.5) is 0 Å². The number of benzene rings is 1. The van der Waals surface area contributed by atoms with Crippen LogP contribution in [0.1, 0.15) is 31.9 Å². The zero-order valence-electron chi connectivity index (χ0n) is 10.5. The van der Waals surface area contributed by atoms with E-state index in [9.17, 15) is 0 Å². The Labute approximate surface area is 98.3 Å². The highest BCUT2D eigenvalue weighted by Crippen LogP contribution is 2.19. The van der Waals surface area contributed by atoms with Crippen molar-refractivity contribution in [3.8, 4) is 6.07 Å². The van der Waals surface area contributed by atoms with Crippen molar-refractivity contribution in [1.29, 1.82) is 5.26 Å². The van der Waals surface area contributed by atoms with Gasteiger partial charge in [-0.3, -0.25) is 5.32 Å². The van der Waals surface area contributed by atoms with Crippen molar-refractivity contribution >= 4 is 0 Å². The molecule has 0 aliphatic rings. The zero-order chi connectivity index (χ0) is 12.2. The van der Waals surface area contributed by atoms with Gasteiger partial charge in [0.15, 0.2) is 0 Å². The molecule has 1 rings (SSSR count). The number of nitrogens with one attached hydrogen (secondary N) is 1. The third-order valence-corrected chi connectivity index (χ3v) is 2.59. The van der Waals surface area contributed by atoms with Gasteiger partial charge in [0.1, 0.15) is 6.04 Å². The Balaban J connectivity index is 2.61. The van der Waals surface area contributed by atoms with Gasteiger partial charge >= 0.3 is 0 Å². The molecular weight excluding hydrogens is 196 g/mol. The lowest BCUT2D eigenvalue weighted by molar-refractivity contribution is 0.319. The SMILES string of the molecule is Cc1cccc(CNC(C#N)C(C)(C)C)c1. The average Bonchev–Trinajstić information content (AvgIpc) is 2.16. The predicted octanol–water partition coefficient (Wildman–Crippen LogP) is 3.02. The lowest BCUT2D eigenvalue weighted by Crippen LogP contribution is -2.38. The van der Waals surface area contributed by atoms with Crippen LogP contribution in [0.15, 0.2) is 24.3 Å². The highest BCUT2D eigenvalue weighted by molar-refractivity contribution is 5.22. The van der Waals surface area contributed by atoms with E-state index >= 15 is 0 Å². The summed E-state index contributed by atoms with van der Waals surface area (Å²) in [6.45, 7) is 9.05. The molecule has 0 aliphatic heterocycles. The number of nitriles is 1. The first-order chi connectivity index (χ1) is 7.43. The average molecular weight is 216 g/mol. The fourth-order valence-corrected chi connectivity index (χ4v) is 1.59. The molecule has 86 valence electrons. The van der Waals surface area contributed by atoms with E-state index in [1.807, 2.05) is 6.07 Å². The van der Waals surface area contributed by atoms with Gasteiger partial charge in [-0.1, -0.05) is 50.6 Å². The number of nitrogens with zero attached hydrogens (tertiary/aromatic N) is 1. The molecule has 1 atom stereocenters. The number of rotatable bonds is 3. The largest absolute Gasteiger partial charge is 0.297 e. The molecular formula is C14H20N2. The van der Waals surface area contributed by atoms with Crippen LogP contribution < -0.4 is 5.32 Å². The maximum atomic E-state index is 9.08. The molecule has 0 saturated heterocycles. The van der Waals surface area contributed by atoms with Gasteiger partial charge in [0.05, 0.1) is 6.07 Å². The second kappa shape index (κ2) is 5.14. The van der Waals surface area contributed by atoms with Crippen molar-refractivity contribution < 1.29 is 0 Å². The molecule has 0 aromatic heterocycles. The van der Waals surface area contributed by atoms with Crippen molar-refractivity contribution in [3.63, 3.8) is 0 Å². The first kappa shape index (κ1) is 12.7. The fraction of sp³-hybridized carbons (Fsp3) is 0.500. The van der Waals surface area contributed by atoms with E-state index in [1.54, 1.807) is 0 Å². The molecule has 16 heavy (non-hydrogen) atoms. The second-order valence-corrected chi connectivity index (χ2v) is 5.30. The van der Waals surface area contributed by atoms with Crippen molar-refractivity contribution in [1.82, 2.24) is 5.32 Å². The molecule has 0 bridgehead atoms. The van der Waals surface area contributed by atoms with Gasteiger partial charge in [-0.25, -0.2) is 0 Å². The van der Waals surface area contributed by atoms with E-state index in [4.69, 9.17) is 5.26 Å². The molecule has 2 nitrogen and oxygen atoms in total. The summed E-state index contributed by atoms with van der Waals surface area (Å²) in [5.74, 6) is 0. The van der Waals surface area contributed by atoms with Gasteiger partial charge in [0.25, 0.3) is 0 Å². The molecule has 1 aromatic rings. The Morgan fingerprint density at radius 2 is 2.06 bits per heavy atom. The first-order valence-electron chi connectivity index (χ1n) is 5.62. The summed E-state index contributed by atoms with van der Waals surface area (Å²) in [5, 5.41) is 12.4. The smallest absolute Gasteiger partial charge is 0.100 e. The van der Waals surface area contributed by atoms with Crippen LogP contribution in [0.25, 0.3) is 0 Å². The van der Waals surface area contributed by atoms with Crippen LogP contribution >= 0.6 is 0 Å². The van der Waals surface area contributed by atoms with E-state index in [0.717, 1.165) is 6.54 Å². The Kier molecular flexibility index (Phi) is 4.09. The predicted molar refractivity (Wildman–Crippen MR) is 66.9 cm³/mol. The molecule has 0 amide bonds. The standard InChI is InChI=1S/C14H20N2/c1-11-6-5-7-12(8-11)10-16-13(9-15)14(2,3)4/h5-8,13,16H,10H2,1-4H3. The van der Waals surface area contributed by atoms with E-state index in [-0.39, 0.29) is 11.5 Å².